The summed E-state index contributed by atoms with van der Waals surface area (Å²) in [5, 5.41) is 0. The van der Waals surface area contributed by atoms with Crippen molar-refractivity contribution in [3.05, 3.63) is 59.7 Å². The van der Waals surface area contributed by atoms with E-state index in [0.29, 0.717) is 0 Å². The van der Waals surface area contributed by atoms with Crippen LogP contribution < -0.4 is 22.9 Å². The molecule has 27 heavy (non-hydrogen) atoms. The highest BCUT2D eigenvalue weighted by Gasteiger charge is 1.89. The number of benzene rings is 2. The first-order valence-corrected chi connectivity index (χ1v) is 8.79. The molecule has 10 N–H and O–H groups in total. The van der Waals surface area contributed by atoms with Crippen molar-refractivity contribution in [3.63, 3.8) is 0 Å². The summed E-state index contributed by atoms with van der Waals surface area (Å²) in [4.78, 5) is 7.78. The molecule has 10 nitrogen and oxygen atoms in total. The van der Waals surface area contributed by atoms with Gasteiger partial charge < -0.3 is 22.9 Å². The molecule has 0 unspecified atom stereocenters. The largest absolute Gasteiger partial charge is 0.394 e. The number of hydrogen-bond acceptors (Lipinski definition) is 4. The van der Waals surface area contributed by atoms with Gasteiger partial charge >= 0.3 is 10.4 Å². The summed E-state index contributed by atoms with van der Waals surface area (Å²) in [5.74, 6) is 0.186. The van der Waals surface area contributed by atoms with Crippen LogP contribution >= 0.6 is 0 Å². The Morgan fingerprint density at radius 2 is 1.07 bits per heavy atom. The van der Waals surface area contributed by atoms with Crippen molar-refractivity contribution in [1.29, 1.82) is 0 Å². The highest BCUT2D eigenvalue weighted by Crippen LogP contribution is 2.12. The molecule has 0 bridgehead atoms. The molecular weight excluding hydrogens is 372 g/mol. The maximum absolute atomic E-state index is 8.74. The van der Waals surface area contributed by atoms with Crippen molar-refractivity contribution in [3.8, 4) is 0 Å². The fraction of sp³-hybridized carbons (Fsp3) is 0.125. The number of aliphatic imine (C=N–C) groups is 2. The zero-order chi connectivity index (χ0) is 21.0. The summed E-state index contributed by atoms with van der Waals surface area (Å²) in [6.45, 7) is 3.98. The van der Waals surface area contributed by atoms with Gasteiger partial charge in [-0.05, 0) is 49.2 Å². The SMILES string of the molecule is Cc1cccc(N=C(N)N)c1.Cc1cccc(N=C(N)N)c1.O=S(=O)(O)O. The Hall–Kier alpha value is -3.15. The number of hydrogen-bond donors (Lipinski definition) is 6. The van der Waals surface area contributed by atoms with Crippen LogP contribution in [0.3, 0.4) is 0 Å². The van der Waals surface area contributed by atoms with Gasteiger partial charge in [-0.1, -0.05) is 24.3 Å². The Morgan fingerprint density at radius 3 is 1.30 bits per heavy atom. The second-order valence-corrected chi connectivity index (χ2v) is 6.09. The van der Waals surface area contributed by atoms with Crippen LogP contribution in [0.15, 0.2) is 58.5 Å². The first kappa shape index (κ1) is 23.9. The summed E-state index contributed by atoms with van der Waals surface area (Å²) in [5.41, 5.74) is 24.7. The molecule has 0 atom stereocenters. The fourth-order valence-corrected chi connectivity index (χ4v) is 1.69. The molecule has 2 aromatic rings. The number of rotatable bonds is 2. The fourth-order valence-electron chi connectivity index (χ4n) is 1.69. The van der Waals surface area contributed by atoms with Gasteiger partial charge in [0.15, 0.2) is 11.9 Å². The summed E-state index contributed by atoms with van der Waals surface area (Å²) < 4.78 is 31.6. The molecule has 148 valence electrons. The molecule has 0 saturated heterocycles. The molecule has 11 heteroatoms. The van der Waals surface area contributed by atoms with Gasteiger partial charge in [0.05, 0.1) is 11.4 Å². The van der Waals surface area contributed by atoms with Gasteiger partial charge in [-0.25, -0.2) is 9.98 Å². The van der Waals surface area contributed by atoms with Crippen LogP contribution in [0.1, 0.15) is 11.1 Å². The van der Waals surface area contributed by atoms with Crippen LogP contribution in [0.5, 0.6) is 0 Å². The van der Waals surface area contributed by atoms with E-state index in [4.69, 9.17) is 40.5 Å². The third kappa shape index (κ3) is 16.1. The lowest BCUT2D eigenvalue weighted by Gasteiger charge is -1.95. The monoisotopic (exact) mass is 396 g/mol. The van der Waals surface area contributed by atoms with Crippen molar-refractivity contribution < 1.29 is 17.5 Å². The molecule has 2 aromatic carbocycles. The highest BCUT2D eigenvalue weighted by molar-refractivity contribution is 7.79. The number of guanidine groups is 2. The Morgan fingerprint density at radius 1 is 0.778 bits per heavy atom. The molecule has 0 aliphatic rings. The molecule has 0 aromatic heterocycles. The Labute approximate surface area is 158 Å². The van der Waals surface area contributed by atoms with Crippen LogP contribution in [-0.2, 0) is 10.4 Å². The lowest BCUT2D eigenvalue weighted by molar-refractivity contribution is 0.381. The smallest absolute Gasteiger partial charge is 0.370 e. The van der Waals surface area contributed by atoms with E-state index in [2.05, 4.69) is 9.98 Å². The Bertz CT molecular complexity index is 822. The minimum atomic E-state index is -4.67. The number of nitrogens with two attached hydrogens (primary N) is 4. The van der Waals surface area contributed by atoms with Gasteiger partial charge in [-0.15, -0.1) is 0 Å². The molecule has 0 aliphatic carbocycles. The van der Waals surface area contributed by atoms with Gasteiger partial charge in [0.1, 0.15) is 0 Å². The summed E-state index contributed by atoms with van der Waals surface area (Å²) >= 11 is 0. The normalized spacial score (nSPS) is 9.63. The molecule has 0 radical (unpaired) electrons. The third-order valence-electron chi connectivity index (χ3n) is 2.52. The third-order valence-corrected chi connectivity index (χ3v) is 2.52. The van der Waals surface area contributed by atoms with Crippen LogP contribution in [-0.4, -0.2) is 29.4 Å². The molecule has 0 spiro atoms. The predicted molar refractivity (Wildman–Crippen MR) is 107 cm³/mol. The maximum Gasteiger partial charge on any atom is 0.394 e. The van der Waals surface area contributed by atoms with Gasteiger partial charge in [-0.3, -0.25) is 9.11 Å². The first-order valence-electron chi connectivity index (χ1n) is 7.39. The Kier molecular flexibility index (Phi) is 10.1. The molecule has 0 heterocycles. The standard InChI is InChI=1S/2C8H11N3.H2O4S/c2*1-6-3-2-4-7(5-6)11-8(9)10;1-5(2,3)4/h2*2-5H,1H3,(H4,9,10,11);(H2,1,2,3,4). The van der Waals surface area contributed by atoms with Gasteiger partial charge in [0.25, 0.3) is 0 Å². The van der Waals surface area contributed by atoms with Crippen molar-refractivity contribution in [2.75, 3.05) is 0 Å². The zero-order valence-electron chi connectivity index (χ0n) is 14.9. The van der Waals surface area contributed by atoms with Crippen molar-refractivity contribution in [2.24, 2.45) is 32.9 Å². The minimum absolute atomic E-state index is 0.0931. The lowest BCUT2D eigenvalue weighted by atomic mass is 10.2. The predicted octanol–water partition coefficient (Wildman–Crippen LogP) is 1.15. The van der Waals surface area contributed by atoms with E-state index in [-0.39, 0.29) is 11.9 Å². The van der Waals surface area contributed by atoms with Gasteiger partial charge in [0.2, 0.25) is 0 Å². The number of aryl methyl sites for hydroxylation is 2. The summed E-state index contributed by atoms with van der Waals surface area (Å²) in [6, 6.07) is 15.4. The van der Waals surface area contributed by atoms with Crippen molar-refractivity contribution in [2.45, 2.75) is 13.8 Å². The van der Waals surface area contributed by atoms with Crippen molar-refractivity contribution >= 4 is 33.7 Å². The lowest BCUT2D eigenvalue weighted by Crippen LogP contribution is -2.21. The summed E-state index contributed by atoms with van der Waals surface area (Å²) in [7, 11) is -4.67. The van der Waals surface area contributed by atoms with E-state index >= 15 is 0 Å². The van der Waals surface area contributed by atoms with Gasteiger partial charge in [0, 0.05) is 0 Å². The summed E-state index contributed by atoms with van der Waals surface area (Å²) in [6.07, 6.45) is 0. The molecule has 0 fully saturated rings. The minimum Gasteiger partial charge on any atom is -0.370 e. The van der Waals surface area contributed by atoms with Crippen LogP contribution in [0.4, 0.5) is 11.4 Å². The zero-order valence-corrected chi connectivity index (χ0v) is 15.8. The van der Waals surface area contributed by atoms with Crippen LogP contribution in [0.2, 0.25) is 0 Å². The Balaban J connectivity index is 0.000000405. The highest BCUT2D eigenvalue weighted by atomic mass is 32.3. The average molecular weight is 396 g/mol. The van der Waals surface area contributed by atoms with Crippen LogP contribution in [0.25, 0.3) is 0 Å². The quantitative estimate of drug-likeness (QED) is 0.246. The van der Waals surface area contributed by atoms with E-state index in [0.717, 1.165) is 22.5 Å². The second kappa shape index (κ2) is 11.5. The second-order valence-electron chi connectivity index (χ2n) is 5.20. The molecule has 0 aliphatic heterocycles. The molecule has 0 amide bonds. The van der Waals surface area contributed by atoms with E-state index in [1.54, 1.807) is 0 Å². The molecule has 2 rings (SSSR count). The molecule has 0 saturated carbocycles. The maximum atomic E-state index is 8.74. The van der Waals surface area contributed by atoms with Crippen molar-refractivity contribution in [1.82, 2.24) is 0 Å². The average Bonchev–Trinajstić information content (AvgIpc) is 2.44. The van der Waals surface area contributed by atoms with Crippen LogP contribution in [0, 0.1) is 13.8 Å². The van der Waals surface area contributed by atoms with E-state index in [9.17, 15) is 0 Å². The number of nitrogens with zero attached hydrogens (tertiary/aromatic N) is 2. The van der Waals surface area contributed by atoms with E-state index < -0.39 is 10.4 Å². The van der Waals surface area contributed by atoms with Gasteiger partial charge in [-0.2, -0.15) is 8.42 Å². The molecular formula is C16H24N6O4S. The van der Waals surface area contributed by atoms with E-state index in [1.807, 2.05) is 62.4 Å². The topological polar surface area (TPSA) is 203 Å². The van der Waals surface area contributed by atoms with E-state index in [1.165, 1.54) is 0 Å². The first-order chi connectivity index (χ1) is 12.4.